The molecule has 2 heterocycles. The SMILES string of the molecule is CCCc1nc(C(=O)NCC(O)CN2CCN(c3cccc(Cl)c3Cl)CC2)cn1-c1ccc(F)cc1. The molecule has 10 heteroatoms. The number of aryl methyl sites for hydroxylation is 1. The molecule has 192 valence electrons. The van der Waals surface area contributed by atoms with Crippen LogP contribution in [0.15, 0.2) is 48.7 Å². The molecule has 1 unspecified atom stereocenters. The Morgan fingerprint density at radius 2 is 1.86 bits per heavy atom. The van der Waals surface area contributed by atoms with Gasteiger partial charge < -0.3 is 19.9 Å². The highest BCUT2D eigenvalue weighted by molar-refractivity contribution is 6.43. The Bertz CT molecular complexity index is 1180. The van der Waals surface area contributed by atoms with E-state index < -0.39 is 6.10 Å². The summed E-state index contributed by atoms with van der Waals surface area (Å²) in [5, 5.41) is 14.4. The Kier molecular flexibility index (Phi) is 8.85. The normalized spacial score (nSPS) is 15.2. The highest BCUT2D eigenvalue weighted by atomic mass is 35.5. The van der Waals surface area contributed by atoms with Crippen molar-refractivity contribution >= 4 is 34.8 Å². The third kappa shape index (κ3) is 6.37. The third-order valence-electron chi connectivity index (χ3n) is 6.20. The minimum Gasteiger partial charge on any atom is -0.390 e. The van der Waals surface area contributed by atoms with Crippen LogP contribution >= 0.6 is 23.2 Å². The number of aliphatic hydroxyl groups is 1. The molecule has 1 aliphatic rings. The van der Waals surface area contributed by atoms with Crippen molar-refractivity contribution in [3.63, 3.8) is 0 Å². The number of nitrogens with one attached hydrogen (secondary N) is 1. The lowest BCUT2D eigenvalue weighted by molar-refractivity contribution is 0.0848. The molecule has 1 aliphatic heterocycles. The number of hydrogen-bond donors (Lipinski definition) is 2. The maximum atomic E-state index is 13.3. The largest absolute Gasteiger partial charge is 0.390 e. The van der Waals surface area contributed by atoms with Crippen LogP contribution in [-0.4, -0.2) is 70.8 Å². The molecule has 3 aromatic rings. The number of β-amino-alcohol motifs (C(OH)–C–C–N with tert-alkyl or cyclic N) is 1. The lowest BCUT2D eigenvalue weighted by atomic mass is 10.2. The van der Waals surface area contributed by atoms with Gasteiger partial charge in [0.2, 0.25) is 0 Å². The van der Waals surface area contributed by atoms with Gasteiger partial charge >= 0.3 is 0 Å². The molecular weight excluding hydrogens is 504 g/mol. The van der Waals surface area contributed by atoms with Gasteiger partial charge in [0.05, 0.1) is 21.8 Å². The second kappa shape index (κ2) is 12.1. The molecule has 0 aliphatic carbocycles. The number of hydrogen-bond acceptors (Lipinski definition) is 5. The van der Waals surface area contributed by atoms with Crippen molar-refractivity contribution in [2.24, 2.45) is 0 Å². The summed E-state index contributed by atoms with van der Waals surface area (Å²) in [6, 6.07) is 11.7. The zero-order valence-electron chi connectivity index (χ0n) is 20.1. The molecule has 1 fully saturated rings. The molecular formula is C26H30Cl2FN5O2. The van der Waals surface area contributed by atoms with Gasteiger partial charge in [0.25, 0.3) is 5.91 Å². The predicted molar refractivity (Wildman–Crippen MR) is 141 cm³/mol. The van der Waals surface area contributed by atoms with Crippen LogP contribution in [0.5, 0.6) is 0 Å². The van der Waals surface area contributed by atoms with E-state index in [9.17, 15) is 14.3 Å². The molecule has 1 saturated heterocycles. The topological polar surface area (TPSA) is 73.6 Å². The van der Waals surface area contributed by atoms with Crippen LogP contribution in [0.1, 0.15) is 29.7 Å². The first kappa shape index (κ1) is 26.4. The summed E-state index contributed by atoms with van der Waals surface area (Å²) in [5.41, 5.74) is 1.92. The molecule has 7 nitrogen and oxygen atoms in total. The Balaban J connectivity index is 1.29. The van der Waals surface area contributed by atoms with E-state index in [1.165, 1.54) is 12.1 Å². The lowest BCUT2D eigenvalue weighted by Crippen LogP contribution is -2.50. The third-order valence-corrected chi connectivity index (χ3v) is 7.01. The fraction of sp³-hybridized carbons (Fsp3) is 0.385. The zero-order chi connectivity index (χ0) is 25.7. The van der Waals surface area contributed by atoms with Gasteiger partial charge in [0.15, 0.2) is 0 Å². The van der Waals surface area contributed by atoms with Crippen molar-refractivity contribution in [1.82, 2.24) is 19.8 Å². The number of anilines is 1. The van der Waals surface area contributed by atoms with Crippen molar-refractivity contribution in [3.8, 4) is 5.69 Å². The number of imidazole rings is 1. The molecule has 0 spiro atoms. The number of amides is 1. The monoisotopic (exact) mass is 533 g/mol. The molecule has 2 N–H and O–H groups in total. The number of carbonyl (C=O) groups excluding carboxylic acids is 1. The van der Waals surface area contributed by atoms with E-state index in [2.05, 4.69) is 20.1 Å². The summed E-state index contributed by atoms with van der Waals surface area (Å²) in [4.78, 5) is 21.6. The van der Waals surface area contributed by atoms with Crippen molar-refractivity contribution in [1.29, 1.82) is 0 Å². The number of carbonyl (C=O) groups is 1. The van der Waals surface area contributed by atoms with Gasteiger partial charge in [-0.25, -0.2) is 9.37 Å². The van der Waals surface area contributed by atoms with Crippen LogP contribution in [0.3, 0.4) is 0 Å². The summed E-state index contributed by atoms with van der Waals surface area (Å²) < 4.78 is 15.1. The number of halogens is 3. The molecule has 0 saturated carbocycles. The Hall–Kier alpha value is -2.65. The number of aliphatic hydroxyl groups excluding tert-OH is 1. The summed E-state index contributed by atoms with van der Waals surface area (Å²) >= 11 is 12.5. The molecule has 36 heavy (non-hydrogen) atoms. The molecule has 1 amide bonds. The maximum Gasteiger partial charge on any atom is 0.271 e. The fourth-order valence-corrected chi connectivity index (χ4v) is 4.74. The van der Waals surface area contributed by atoms with E-state index in [1.807, 2.05) is 19.1 Å². The second-order valence-corrected chi connectivity index (χ2v) is 9.65. The van der Waals surface area contributed by atoms with Gasteiger partial charge in [-0.2, -0.15) is 0 Å². The van der Waals surface area contributed by atoms with Crippen molar-refractivity contribution < 1.29 is 14.3 Å². The number of piperazine rings is 1. The van der Waals surface area contributed by atoms with Crippen LogP contribution in [0.4, 0.5) is 10.1 Å². The van der Waals surface area contributed by atoms with Crippen LogP contribution < -0.4 is 10.2 Å². The van der Waals surface area contributed by atoms with E-state index in [0.29, 0.717) is 23.0 Å². The molecule has 0 radical (unpaired) electrons. The summed E-state index contributed by atoms with van der Waals surface area (Å²) in [6.45, 7) is 5.64. The molecule has 2 aromatic carbocycles. The molecule has 1 aromatic heterocycles. The van der Waals surface area contributed by atoms with Crippen LogP contribution in [0.25, 0.3) is 5.69 Å². The van der Waals surface area contributed by atoms with Gasteiger partial charge in [-0.15, -0.1) is 0 Å². The van der Waals surface area contributed by atoms with Crippen LogP contribution in [0, 0.1) is 5.82 Å². The maximum absolute atomic E-state index is 13.3. The molecule has 4 rings (SSSR count). The van der Waals surface area contributed by atoms with Gasteiger partial charge in [0, 0.05) is 57.6 Å². The first-order chi connectivity index (χ1) is 17.4. The van der Waals surface area contributed by atoms with Crippen LogP contribution in [-0.2, 0) is 6.42 Å². The van der Waals surface area contributed by atoms with Gasteiger partial charge in [-0.05, 0) is 42.8 Å². The van der Waals surface area contributed by atoms with Crippen molar-refractivity contribution in [2.75, 3.05) is 44.2 Å². The van der Waals surface area contributed by atoms with Gasteiger partial charge in [0.1, 0.15) is 17.3 Å². The first-order valence-electron chi connectivity index (χ1n) is 12.1. The van der Waals surface area contributed by atoms with E-state index in [1.54, 1.807) is 29.0 Å². The molecule has 1 atom stereocenters. The highest BCUT2D eigenvalue weighted by Crippen LogP contribution is 2.32. The number of nitrogens with zero attached hydrogens (tertiary/aromatic N) is 4. The van der Waals surface area contributed by atoms with Crippen molar-refractivity contribution in [3.05, 3.63) is 76.0 Å². The van der Waals surface area contributed by atoms with E-state index >= 15 is 0 Å². The highest BCUT2D eigenvalue weighted by Gasteiger charge is 2.22. The standard InChI is InChI=1S/C26H30Cl2FN5O2/c1-2-4-24-31-22(17-34(24)19-9-7-18(29)8-10-19)26(36)30-15-20(35)16-32-11-13-33(14-12-32)23-6-3-5-21(27)25(23)28/h3,5-10,17,20,35H,2,4,11-16H2,1H3,(H,30,36). The summed E-state index contributed by atoms with van der Waals surface area (Å²) in [6.07, 6.45) is 2.47. The minimum atomic E-state index is -0.718. The minimum absolute atomic E-state index is 0.117. The number of rotatable bonds is 9. The average Bonchev–Trinajstić information content (AvgIpc) is 3.29. The fourth-order valence-electron chi connectivity index (χ4n) is 4.32. The van der Waals surface area contributed by atoms with E-state index in [4.69, 9.17) is 23.2 Å². The smallest absolute Gasteiger partial charge is 0.271 e. The summed E-state index contributed by atoms with van der Waals surface area (Å²) in [7, 11) is 0. The van der Waals surface area contributed by atoms with Gasteiger partial charge in [-0.1, -0.05) is 36.2 Å². The average molecular weight is 534 g/mol. The van der Waals surface area contributed by atoms with Crippen molar-refractivity contribution in [2.45, 2.75) is 25.9 Å². The lowest BCUT2D eigenvalue weighted by Gasteiger charge is -2.37. The number of aromatic nitrogens is 2. The quantitative estimate of drug-likeness (QED) is 0.431. The predicted octanol–water partition coefficient (Wildman–Crippen LogP) is 4.18. The first-order valence-corrected chi connectivity index (χ1v) is 12.8. The Morgan fingerprint density at radius 3 is 2.56 bits per heavy atom. The summed E-state index contributed by atoms with van der Waals surface area (Å²) in [5.74, 6) is 0.0534. The van der Waals surface area contributed by atoms with E-state index in [-0.39, 0.29) is 24.0 Å². The van der Waals surface area contributed by atoms with Gasteiger partial charge in [-0.3, -0.25) is 9.69 Å². The second-order valence-electron chi connectivity index (χ2n) is 8.86. The number of benzene rings is 2. The zero-order valence-corrected chi connectivity index (χ0v) is 21.6. The Labute approximate surface area is 220 Å². The van der Waals surface area contributed by atoms with E-state index in [0.717, 1.165) is 49.8 Å². The van der Waals surface area contributed by atoms with Crippen LogP contribution in [0.2, 0.25) is 10.0 Å². The Morgan fingerprint density at radius 1 is 1.14 bits per heavy atom. The molecule has 0 bridgehead atoms.